The number of oxime groups is 1. The van der Waals surface area contributed by atoms with Crippen LogP contribution in [0.15, 0.2) is 78.0 Å². The van der Waals surface area contributed by atoms with Gasteiger partial charge in [-0.15, -0.1) is 0 Å². The van der Waals surface area contributed by atoms with Gasteiger partial charge in [0.25, 0.3) is 0 Å². The molecule has 3 aromatic carbocycles. The second-order valence-electron chi connectivity index (χ2n) is 6.94. The zero-order valence-corrected chi connectivity index (χ0v) is 16.5. The largest absolute Gasteiger partial charge is 0.391 e. The fourth-order valence-corrected chi connectivity index (χ4v) is 3.65. The van der Waals surface area contributed by atoms with Crippen molar-refractivity contribution in [1.82, 2.24) is 4.57 Å². The molecule has 142 valence electrons. The zero-order valence-electron chi connectivity index (χ0n) is 16.5. The topological polar surface area (TPSA) is 50.3 Å². The summed E-state index contributed by atoms with van der Waals surface area (Å²) in [7, 11) is 0. The number of nitrogens with zero attached hydrogens (tertiary/aromatic N) is 3. The smallest absolute Gasteiger partial charge is 0.143 e. The highest BCUT2D eigenvalue weighted by atomic mass is 16.6. The van der Waals surface area contributed by atoms with Crippen molar-refractivity contribution >= 4 is 17.0 Å². The molecule has 0 saturated carbocycles. The van der Waals surface area contributed by atoms with Crippen LogP contribution in [-0.2, 0) is 11.4 Å². The number of aryl methyl sites for hydroxylation is 1. The van der Waals surface area contributed by atoms with Crippen LogP contribution in [0.5, 0.6) is 0 Å². The average Bonchev–Trinajstić information content (AvgIpc) is 3.04. The molecule has 0 saturated heterocycles. The highest BCUT2D eigenvalue weighted by Crippen LogP contribution is 2.26. The number of aromatic nitrogens is 1. The van der Waals surface area contributed by atoms with Crippen LogP contribution in [0.3, 0.4) is 0 Å². The van der Waals surface area contributed by atoms with Gasteiger partial charge in [-0.2, -0.15) is 5.26 Å². The van der Waals surface area contributed by atoms with Crippen LogP contribution in [0, 0.1) is 25.2 Å². The molecule has 1 aromatic heterocycles. The molecule has 0 aliphatic carbocycles. The van der Waals surface area contributed by atoms with Gasteiger partial charge in [0.15, 0.2) is 0 Å². The standard InChI is InChI=1S/C25H21N3O/c1-18-14-23(16-27-29-17-22-10-4-3-9-21(22)15-26)19(2)28(18)25-13-7-11-20-8-5-6-12-24(20)25/h3-14,16H,17H2,1-2H3/b27-16-. The van der Waals surface area contributed by atoms with Gasteiger partial charge in [0.1, 0.15) is 6.61 Å². The van der Waals surface area contributed by atoms with E-state index in [2.05, 4.69) is 78.2 Å². The Kier molecular flexibility index (Phi) is 5.13. The van der Waals surface area contributed by atoms with Crippen molar-refractivity contribution in [3.05, 3.63) is 101 Å². The maximum Gasteiger partial charge on any atom is 0.143 e. The van der Waals surface area contributed by atoms with Gasteiger partial charge >= 0.3 is 0 Å². The van der Waals surface area contributed by atoms with Crippen molar-refractivity contribution in [3.63, 3.8) is 0 Å². The summed E-state index contributed by atoms with van der Waals surface area (Å²) in [5.41, 5.74) is 5.83. The van der Waals surface area contributed by atoms with Gasteiger partial charge in [0.05, 0.1) is 23.5 Å². The lowest BCUT2D eigenvalue weighted by Crippen LogP contribution is -2.00. The van der Waals surface area contributed by atoms with E-state index >= 15 is 0 Å². The Morgan fingerprint density at radius 1 is 1.00 bits per heavy atom. The molecule has 4 nitrogen and oxygen atoms in total. The summed E-state index contributed by atoms with van der Waals surface area (Å²) in [6, 6.07) is 26.4. The van der Waals surface area contributed by atoms with Crippen LogP contribution in [0.4, 0.5) is 0 Å². The molecule has 4 heteroatoms. The lowest BCUT2D eigenvalue weighted by atomic mass is 10.1. The van der Waals surface area contributed by atoms with Crippen LogP contribution in [0.25, 0.3) is 16.5 Å². The molecular formula is C25H21N3O. The molecule has 0 unspecified atom stereocenters. The first-order valence-corrected chi connectivity index (χ1v) is 9.49. The minimum atomic E-state index is 0.266. The Balaban J connectivity index is 1.59. The molecule has 4 rings (SSSR count). The summed E-state index contributed by atoms with van der Waals surface area (Å²) in [4.78, 5) is 5.46. The van der Waals surface area contributed by atoms with Gasteiger partial charge in [0, 0.05) is 27.9 Å². The highest BCUT2D eigenvalue weighted by Gasteiger charge is 2.12. The van der Waals surface area contributed by atoms with E-state index in [1.54, 1.807) is 12.3 Å². The van der Waals surface area contributed by atoms with Crippen LogP contribution in [-0.4, -0.2) is 10.8 Å². The quantitative estimate of drug-likeness (QED) is 0.331. The molecule has 0 aliphatic rings. The van der Waals surface area contributed by atoms with Crippen LogP contribution < -0.4 is 0 Å². The maximum absolute atomic E-state index is 9.16. The van der Waals surface area contributed by atoms with E-state index in [-0.39, 0.29) is 6.61 Å². The molecule has 1 heterocycles. The van der Waals surface area contributed by atoms with Crippen LogP contribution in [0.2, 0.25) is 0 Å². The molecule has 0 N–H and O–H groups in total. The van der Waals surface area contributed by atoms with Gasteiger partial charge in [-0.05, 0) is 37.4 Å². The molecule has 0 radical (unpaired) electrons. The van der Waals surface area contributed by atoms with Gasteiger partial charge in [-0.25, -0.2) is 0 Å². The van der Waals surface area contributed by atoms with E-state index in [9.17, 15) is 0 Å². The van der Waals surface area contributed by atoms with Crippen molar-refractivity contribution < 1.29 is 4.84 Å². The Hall–Kier alpha value is -3.84. The molecule has 0 aliphatic heterocycles. The Labute approximate surface area is 170 Å². The van der Waals surface area contributed by atoms with Crippen molar-refractivity contribution in [1.29, 1.82) is 5.26 Å². The predicted octanol–water partition coefficient (Wildman–Crippen LogP) is 5.67. The first-order valence-electron chi connectivity index (χ1n) is 9.49. The van der Waals surface area contributed by atoms with E-state index in [0.717, 1.165) is 28.2 Å². The average molecular weight is 379 g/mol. The maximum atomic E-state index is 9.16. The lowest BCUT2D eigenvalue weighted by molar-refractivity contribution is 0.132. The molecule has 0 spiro atoms. The Morgan fingerprint density at radius 2 is 1.76 bits per heavy atom. The van der Waals surface area contributed by atoms with E-state index in [0.29, 0.717) is 5.56 Å². The number of fused-ring (bicyclic) bond motifs is 1. The summed E-state index contributed by atoms with van der Waals surface area (Å²) < 4.78 is 2.24. The Morgan fingerprint density at radius 3 is 2.62 bits per heavy atom. The van der Waals surface area contributed by atoms with E-state index in [4.69, 9.17) is 10.1 Å². The number of hydrogen-bond donors (Lipinski definition) is 0. The van der Waals surface area contributed by atoms with Crippen molar-refractivity contribution in [2.75, 3.05) is 0 Å². The van der Waals surface area contributed by atoms with Gasteiger partial charge in [-0.3, -0.25) is 0 Å². The molecule has 0 amide bonds. The molecular weight excluding hydrogens is 358 g/mol. The summed E-state index contributed by atoms with van der Waals surface area (Å²) in [5.74, 6) is 0. The molecule has 0 atom stereocenters. The van der Waals surface area contributed by atoms with E-state index < -0.39 is 0 Å². The minimum absolute atomic E-state index is 0.266. The lowest BCUT2D eigenvalue weighted by Gasteiger charge is -2.12. The van der Waals surface area contributed by atoms with Gasteiger partial charge in [0.2, 0.25) is 0 Å². The number of hydrogen-bond acceptors (Lipinski definition) is 3. The zero-order chi connectivity index (χ0) is 20.2. The second kappa shape index (κ2) is 8.04. The molecule has 4 aromatic rings. The predicted molar refractivity (Wildman–Crippen MR) is 116 cm³/mol. The molecule has 0 fully saturated rings. The summed E-state index contributed by atoms with van der Waals surface area (Å²) in [6.45, 7) is 4.44. The van der Waals surface area contributed by atoms with Crippen molar-refractivity contribution in [2.45, 2.75) is 20.5 Å². The second-order valence-corrected chi connectivity index (χ2v) is 6.94. The number of benzene rings is 3. The Bertz CT molecular complexity index is 1240. The fraction of sp³-hybridized carbons (Fsp3) is 0.120. The monoisotopic (exact) mass is 379 g/mol. The minimum Gasteiger partial charge on any atom is -0.391 e. The van der Waals surface area contributed by atoms with Crippen LogP contribution in [0.1, 0.15) is 28.1 Å². The normalized spacial score (nSPS) is 11.1. The third-order valence-electron chi connectivity index (χ3n) is 5.10. The number of rotatable bonds is 5. The fourth-order valence-electron chi connectivity index (χ4n) is 3.65. The van der Waals surface area contributed by atoms with Crippen molar-refractivity contribution in [3.8, 4) is 11.8 Å². The first kappa shape index (κ1) is 18.5. The van der Waals surface area contributed by atoms with E-state index in [1.165, 1.54) is 10.8 Å². The first-order chi connectivity index (χ1) is 14.2. The number of nitriles is 1. The summed E-state index contributed by atoms with van der Waals surface area (Å²) >= 11 is 0. The highest BCUT2D eigenvalue weighted by molar-refractivity contribution is 5.91. The van der Waals surface area contributed by atoms with Gasteiger partial charge < -0.3 is 9.40 Å². The van der Waals surface area contributed by atoms with Gasteiger partial charge in [-0.1, -0.05) is 59.8 Å². The molecule has 29 heavy (non-hydrogen) atoms. The van der Waals surface area contributed by atoms with Crippen LogP contribution >= 0.6 is 0 Å². The third kappa shape index (κ3) is 3.63. The molecule has 0 bridgehead atoms. The SMILES string of the molecule is Cc1cc(/C=N\OCc2ccccc2C#N)c(C)n1-c1cccc2ccccc12. The summed E-state index contributed by atoms with van der Waals surface area (Å²) in [6.07, 6.45) is 1.74. The van der Waals surface area contributed by atoms with Crippen molar-refractivity contribution in [2.24, 2.45) is 5.16 Å². The third-order valence-corrected chi connectivity index (χ3v) is 5.10. The van der Waals surface area contributed by atoms with E-state index in [1.807, 2.05) is 18.2 Å². The summed E-state index contributed by atoms with van der Waals surface area (Å²) in [5, 5.41) is 15.7.